The summed E-state index contributed by atoms with van der Waals surface area (Å²) in [7, 11) is 2.97. The topological polar surface area (TPSA) is 118 Å². The Morgan fingerprint density at radius 2 is 1.88 bits per heavy atom. The molecule has 0 radical (unpaired) electrons. The predicted molar refractivity (Wildman–Crippen MR) is 116 cm³/mol. The molecule has 1 aromatic heterocycles. The third-order valence-corrected chi connectivity index (χ3v) is 5.45. The molecule has 9 nitrogen and oxygen atoms in total. The van der Waals surface area contributed by atoms with Gasteiger partial charge in [-0.1, -0.05) is 0 Å². The van der Waals surface area contributed by atoms with Crippen molar-refractivity contribution in [2.24, 2.45) is 0 Å². The van der Waals surface area contributed by atoms with Crippen LogP contribution in [0.25, 0.3) is 10.9 Å². The first-order chi connectivity index (χ1) is 15.4. The number of likely N-dealkylation sites (N-methyl/N-ethyl adjacent to an activating group) is 1. The first-order valence-corrected chi connectivity index (χ1v) is 9.98. The maximum absolute atomic E-state index is 13.5. The molecule has 0 aliphatic carbocycles. The van der Waals surface area contributed by atoms with Gasteiger partial charge in [0.15, 0.2) is 18.1 Å². The van der Waals surface area contributed by atoms with Crippen molar-refractivity contribution in [1.29, 1.82) is 0 Å². The minimum Gasteiger partial charge on any atom is -0.493 e. The second kappa shape index (κ2) is 8.26. The number of hydrogen-bond donors (Lipinski definition) is 2. The average molecular weight is 438 g/mol. The summed E-state index contributed by atoms with van der Waals surface area (Å²) >= 11 is 0. The van der Waals surface area contributed by atoms with Gasteiger partial charge in [0.25, 0.3) is 5.91 Å². The molecule has 0 fully saturated rings. The number of aromatic amines is 1. The number of nitrogens with one attached hydrogen (secondary N) is 1. The number of nitrogens with zero attached hydrogens (tertiary/aromatic N) is 1. The van der Waals surface area contributed by atoms with Crippen LogP contribution in [0.1, 0.15) is 28.5 Å². The van der Waals surface area contributed by atoms with E-state index >= 15 is 0 Å². The minimum atomic E-state index is -1.07. The number of fused-ring (bicyclic) bond motifs is 2. The van der Waals surface area contributed by atoms with Crippen molar-refractivity contribution in [2.45, 2.75) is 13.3 Å². The molecule has 1 amide bonds. The van der Waals surface area contributed by atoms with E-state index in [0.29, 0.717) is 51.5 Å². The Bertz CT molecular complexity index is 1240. The number of anilines is 1. The van der Waals surface area contributed by atoms with Crippen LogP contribution in [0.15, 0.2) is 30.3 Å². The third-order valence-electron chi connectivity index (χ3n) is 5.45. The highest BCUT2D eigenvalue weighted by Gasteiger charge is 2.27. The number of benzene rings is 2. The summed E-state index contributed by atoms with van der Waals surface area (Å²) in [5.74, 6) is -0.276. The van der Waals surface area contributed by atoms with Gasteiger partial charge in [0.2, 0.25) is 5.78 Å². The van der Waals surface area contributed by atoms with Crippen molar-refractivity contribution in [3.8, 4) is 17.2 Å². The molecule has 2 N–H and O–H groups in total. The molecule has 3 aromatic rings. The molecule has 32 heavy (non-hydrogen) atoms. The molecule has 0 bridgehead atoms. The van der Waals surface area contributed by atoms with E-state index in [0.717, 1.165) is 0 Å². The summed E-state index contributed by atoms with van der Waals surface area (Å²) in [6, 6.07) is 8.15. The first kappa shape index (κ1) is 21.2. The van der Waals surface area contributed by atoms with E-state index in [1.54, 1.807) is 35.2 Å². The number of carboxylic acid groups (broad SMARTS) is 1. The standard InChI is InChI=1S/C23H22N2O7/c1-4-25-16-7-12(5-6-17(16)32-11-20(25)26)23(29)22-14(9-21(27)28)13-8-18(30-2)19(31-3)10-15(13)24-22/h5-8,10,24H,4,9,11H2,1-3H3,(H,27,28). The van der Waals surface area contributed by atoms with Gasteiger partial charge in [-0.05, 0) is 31.2 Å². The van der Waals surface area contributed by atoms with Crippen LogP contribution in [0.3, 0.4) is 0 Å². The lowest BCUT2D eigenvalue weighted by molar-refractivity contribution is -0.136. The van der Waals surface area contributed by atoms with Crippen molar-refractivity contribution in [3.05, 3.63) is 47.2 Å². The van der Waals surface area contributed by atoms with Crippen molar-refractivity contribution in [3.63, 3.8) is 0 Å². The second-order valence-electron chi connectivity index (χ2n) is 7.24. The van der Waals surface area contributed by atoms with E-state index in [1.807, 2.05) is 6.92 Å². The monoisotopic (exact) mass is 438 g/mol. The number of aliphatic carboxylic acids is 1. The highest BCUT2D eigenvalue weighted by Crippen LogP contribution is 2.37. The number of carbonyl (C=O) groups excluding carboxylic acids is 2. The zero-order chi connectivity index (χ0) is 23.0. The van der Waals surface area contributed by atoms with Crippen LogP contribution in [0.4, 0.5) is 5.69 Å². The van der Waals surface area contributed by atoms with Gasteiger partial charge in [-0.3, -0.25) is 14.4 Å². The Hall–Kier alpha value is -4.01. The minimum absolute atomic E-state index is 0.0530. The van der Waals surface area contributed by atoms with Gasteiger partial charge in [0.05, 0.1) is 37.5 Å². The highest BCUT2D eigenvalue weighted by molar-refractivity contribution is 6.13. The second-order valence-corrected chi connectivity index (χ2v) is 7.24. The molecule has 2 heterocycles. The Labute approximate surface area is 183 Å². The first-order valence-electron chi connectivity index (χ1n) is 9.98. The van der Waals surface area contributed by atoms with Gasteiger partial charge in [0, 0.05) is 29.1 Å². The maximum Gasteiger partial charge on any atom is 0.307 e. The van der Waals surface area contributed by atoms with Crippen molar-refractivity contribution >= 4 is 34.3 Å². The van der Waals surface area contributed by atoms with Gasteiger partial charge >= 0.3 is 5.97 Å². The van der Waals surface area contributed by atoms with Crippen LogP contribution in [-0.4, -0.2) is 55.1 Å². The molecule has 1 aliphatic heterocycles. The zero-order valence-electron chi connectivity index (χ0n) is 17.9. The van der Waals surface area contributed by atoms with Crippen molar-refractivity contribution < 1.29 is 33.7 Å². The summed E-state index contributed by atoms with van der Waals surface area (Å²) in [6.07, 6.45) is -0.357. The fourth-order valence-corrected chi connectivity index (χ4v) is 3.94. The lowest BCUT2D eigenvalue weighted by atomic mass is 10.00. The zero-order valence-corrected chi connectivity index (χ0v) is 17.9. The highest BCUT2D eigenvalue weighted by atomic mass is 16.5. The van der Waals surface area contributed by atoms with Crippen LogP contribution in [-0.2, 0) is 16.0 Å². The number of rotatable bonds is 7. The molecule has 0 saturated carbocycles. The molecule has 9 heteroatoms. The van der Waals surface area contributed by atoms with E-state index in [1.165, 1.54) is 14.2 Å². The number of hydrogen-bond acceptors (Lipinski definition) is 6. The number of aromatic nitrogens is 1. The fraction of sp³-hybridized carbons (Fsp3) is 0.261. The average Bonchev–Trinajstić information content (AvgIpc) is 3.13. The molecule has 0 spiro atoms. The molecule has 0 atom stereocenters. The number of amides is 1. The summed E-state index contributed by atoms with van der Waals surface area (Å²) in [5.41, 5.74) is 1.86. The quantitative estimate of drug-likeness (QED) is 0.545. The molecular weight excluding hydrogens is 416 g/mol. The van der Waals surface area contributed by atoms with Crippen LogP contribution in [0.2, 0.25) is 0 Å². The van der Waals surface area contributed by atoms with Crippen molar-refractivity contribution in [2.75, 3.05) is 32.3 Å². The number of ketones is 1. The molecular formula is C23H22N2O7. The van der Waals surface area contributed by atoms with Crippen LogP contribution in [0, 0.1) is 0 Å². The smallest absolute Gasteiger partial charge is 0.307 e. The van der Waals surface area contributed by atoms with Gasteiger partial charge in [-0.15, -0.1) is 0 Å². The lowest BCUT2D eigenvalue weighted by Gasteiger charge is -2.28. The summed E-state index contributed by atoms with van der Waals surface area (Å²) in [4.78, 5) is 41.8. The van der Waals surface area contributed by atoms with Crippen molar-refractivity contribution in [1.82, 2.24) is 4.98 Å². The third kappa shape index (κ3) is 3.51. The maximum atomic E-state index is 13.5. The number of H-pyrrole nitrogens is 1. The lowest BCUT2D eigenvalue weighted by Crippen LogP contribution is -2.38. The molecule has 4 rings (SSSR count). The van der Waals surface area contributed by atoms with Gasteiger partial charge in [0.1, 0.15) is 5.75 Å². The van der Waals surface area contributed by atoms with E-state index in [-0.39, 0.29) is 24.6 Å². The van der Waals surface area contributed by atoms with E-state index in [9.17, 15) is 19.5 Å². The molecule has 166 valence electrons. The number of ether oxygens (including phenoxy) is 3. The van der Waals surface area contributed by atoms with E-state index < -0.39 is 11.8 Å². The van der Waals surface area contributed by atoms with Gasteiger partial charge in [-0.25, -0.2) is 0 Å². The molecule has 1 aliphatic rings. The Morgan fingerprint density at radius 1 is 1.16 bits per heavy atom. The Kier molecular flexibility index (Phi) is 5.48. The predicted octanol–water partition coefficient (Wildman–Crippen LogP) is 2.79. The fourth-order valence-electron chi connectivity index (χ4n) is 3.94. The van der Waals surface area contributed by atoms with Gasteiger partial charge in [-0.2, -0.15) is 0 Å². The van der Waals surface area contributed by atoms with Gasteiger partial charge < -0.3 is 29.2 Å². The largest absolute Gasteiger partial charge is 0.493 e. The van der Waals surface area contributed by atoms with E-state index in [2.05, 4.69) is 4.98 Å². The number of carbonyl (C=O) groups is 3. The van der Waals surface area contributed by atoms with Crippen LogP contribution >= 0.6 is 0 Å². The normalized spacial score (nSPS) is 13.0. The summed E-state index contributed by atoms with van der Waals surface area (Å²) in [6.45, 7) is 2.22. The molecule has 0 saturated heterocycles. The van der Waals surface area contributed by atoms with E-state index in [4.69, 9.17) is 14.2 Å². The molecule has 2 aromatic carbocycles. The Balaban J connectivity index is 1.85. The number of carboxylic acids is 1. The SMILES string of the molecule is CCN1C(=O)COc2ccc(C(=O)c3[nH]c4cc(OC)c(OC)cc4c3CC(=O)O)cc21. The summed E-state index contributed by atoms with van der Waals surface area (Å²) < 4.78 is 16.1. The molecule has 0 unspecified atom stereocenters. The van der Waals surface area contributed by atoms with Crippen LogP contribution < -0.4 is 19.1 Å². The number of methoxy groups -OCH3 is 2. The summed E-state index contributed by atoms with van der Waals surface area (Å²) in [5, 5.41) is 10.0. The van der Waals surface area contributed by atoms with Crippen LogP contribution in [0.5, 0.6) is 17.2 Å². The Morgan fingerprint density at radius 3 is 2.53 bits per heavy atom.